The number of hydrogen-bond acceptors (Lipinski definition) is 3. The Morgan fingerprint density at radius 3 is 2.25 bits per heavy atom. The molecule has 0 radical (unpaired) electrons. The Morgan fingerprint density at radius 1 is 1.04 bits per heavy atom. The van der Waals surface area contributed by atoms with Crippen molar-refractivity contribution < 1.29 is 8.78 Å². The second kappa shape index (κ2) is 6.80. The van der Waals surface area contributed by atoms with E-state index in [0.29, 0.717) is 27.8 Å². The number of hydrazone groups is 1. The minimum Gasteiger partial charge on any atom is -0.278 e. The number of aryl methyl sites for hydroxylation is 1. The van der Waals surface area contributed by atoms with Gasteiger partial charge in [0, 0.05) is 0 Å². The molecule has 0 aliphatic heterocycles. The second-order valence-electron chi connectivity index (χ2n) is 5.06. The molecule has 0 saturated heterocycles. The Kier molecular flexibility index (Phi) is 4.57. The highest BCUT2D eigenvalue weighted by molar-refractivity contribution is 6.32. The minimum atomic E-state index is -0.330. The average Bonchev–Trinajstić information content (AvgIpc) is 2.85. The lowest BCUT2D eigenvalue weighted by Crippen LogP contribution is -1.97. The van der Waals surface area contributed by atoms with E-state index < -0.39 is 0 Å². The fraction of sp³-hybridized carbons (Fsp3) is 0.0588. The van der Waals surface area contributed by atoms with E-state index in [2.05, 4.69) is 15.6 Å². The SMILES string of the molecule is Cc1nn(-c2ccc(F)cc2)c(Cl)c1/C=N\Nc1ccc(F)cc1. The second-order valence-corrected chi connectivity index (χ2v) is 5.41. The van der Waals surface area contributed by atoms with E-state index in [4.69, 9.17) is 11.6 Å². The molecule has 3 aromatic rings. The summed E-state index contributed by atoms with van der Waals surface area (Å²) < 4.78 is 27.4. The molecule has 0 spiro atoms. The summed E-state index contributed by atoms with van der Waals surface area (Å²) in [7, 11) is 0. The van der Waals surface area contributed by atoms with Gasteiger partial charge in [0.05, 0.1) is 28.8 Å². The van der Waals surface area contributed by atoms with Crippen LogP contribution >= 0.6 is 11.6 Å². The Labute approximate surface area is 142 Å². The van der Waals surface area contributed by atoms with Crippen LogP contribution in [-0.2, 0) is 0 Å². The number of aromatic nitrogens is 2. The summed E-state index contributed by atoms with van der Waals surface area (Å²) in [5.41, 5.74) is 5.39. The fourth-order valence-electron chi connectivity index (χ4n) is 2.11. The van der Waals surface area contributed by atoms with Crippen molar-refractivity contribution in [1.29, 1.82) is 0 Å². The molecule has 0 aliphatic carbocycles. The molecule has 1 N–H and O–H groups in total. The van der Waals surface area contributed by atoms with Crippen LogP contribution in [0.3, 0.4) is 0 Å². The molecule has 7 heteroatoms. The molecule has 24 heavy (non-hydrogen) atoms. The van der Waals surface area contributed by atoms with Gasteiger partial charge in [-0.1, -0.05) is 11.6 Å². The predicted molar refractivity (Wildman–Crippen MR) is 90.9 cm³/mol. The van der Waals surface area contributed by atoms with Crippen LogP contribution < -0.4 is 5.43 Å². The summed E-state index contributed by atoms with van der Waals surface area (Å²) in [6.07, 6.45) is 1.54. The van der Waals surface area contributed by atoms with Crippen molar-refractivity contribution in [2.24, 2.45) is 5.10 Å². The lowest BCUT2D eigenvalue weighted by molar-refractivity contribution is 0.627. The van der Waals surface area contributed by atoms with Gasteiger partial charge in [0.15, 0.2) is 0 Å². The van der Waals surface area contributed by atoms with Crippen molar-refractivity contribution in [2.75, 3.05) is 5.43 Å². The van der Waals surface area contributed by atoms with E-state index >= 15 is 0 Å². The molecule has 0 atom stereocenters. The summed E-state index contributed by atoms with van der Waals surface area (Å²) >= 11 is 6.34. The molecule has 0 aliphatic rings. The van der Waals surface area contributed by atoms with E-state index in [1.54, 1.807) is 31.2 Å². The highest BCUT2D eigenvalue weighted by Gasteiger charge is 2.13. The molecule has 122 valence electrons. The summed E-state index contributed by atoms with van der Waals surface area (Å²) in [5.74, 6) is -0.645. The number of halogens is 3. The quantitative estimate of drug-likeness (QED) is 0.556. The predicted octanol–water partition coefficient (Wildman–Crippen LogP) is 4.56. The van der Waals surface area contributed by atoms with Crippen LogP contribution in [0.2, 0.25) is 5.15 Å². The summed E-state index contributed by atoms with van der Waals surface area (Å²) in [6, 6.07) is 11.7. The van der Waals surface area contributed by atoms with Gasteiger partial charge in [-0.3, -0.25) is 5.43 Å². The fourth-order valence-corrected chi connectivity index (χ4v) is 2.43. The first-order valence-electron chi connectivity index (χ1n) is 7.10. The standard InChI is InChI=1S/C17H13ClF2N4/c1-11-16(10-21-22-14-6-2-12(19)3-7-14)17(18)24(23-11)15-8-4-13(20)5-9-15/h2-10,22H,1H3/b21-10-. The molecular weight excluding hydrogens is 334 g/mol. The molecule has 0 bridgehead atoms. The van der Waals surface area contributed by atoms with Crippen molar-refractivity contribution in [1.82, 2.24) is 9.78 Å². The van der Waals surface area contributed by atoms with Crippen LogP contribution in [-0.4, -0.2) is 16.0 Å². The van der Waals surface area contributed by atoms with E-state index in [9.17, 15) is 8.78 Å². The van der Waals surface area contributed by atoms with Gasteiger partial charge in [-0.15, -0.1) is 0 Å². The zero-order valence-corrected chi connectivity index (χ0v) is 13.4. The molecule has 3 rings (SSSR count). The monoisotopic (exact) mass is 346 g/mol. The van der Waals surface area contributed by atoms with Crippen LogP contribution in [0.5, 0.6) is 0 Å². The van der Waals surface area contributed by atoms with Crippen molar-refractivity contribution in [3.05, 3.63) is 76.6 Å². The molecule has 0 unspecified atom stereocenters. The van der Waals surface area contributed by atoms with Gasteiger partial charge in [0.2, 0.25) is 0 Å². The first-order valence-corrected chi connectivity index (χ1v) is 7.48. The Morgan fingerprint density at radius 2 is 1.62 bits per heavy atom. The topological polar surface area (TPSA) is 42.2 Å². The smallest absolute Gasteiger partial charge is 0.142 e. The van der Waals surface area contributed by atoms with Crippen LogP contribution in [0.15, 0.2) is 53.6 Å². The minimum absolute atomic E-state index is 0.316. The number of nitrogens with one attached hydrogen (secondary N) is 1. The molecule has 1 aromatic heterocycles. The third kappa shape index (κ3) is 3.44. The molecule has 2 aromatic carbocycles. The maximum atomic E-state index is 13.0. The first kappa shape index (κ1) is 16.1. The molecular formula is C17H13ClF2N4. The van der Waals surface area contributed by atoms with E-state index in [1.807, 2.05) is 0 Å². The number of anilines is 1. The Bertz CT molecular complexity index is 871. The number of rotatable bonds is 4. The van der Waals surface area contributed by atoms with Gasteiger partial charge in [0.25, 0.3) is 0 Å². The largest absolute Gasteiger partial charge is 0.278 e. The van der Waals surface area contributed by atoms with Crippen molar-refractivity contribution in [3.8, 4) is 5.69 Å². The van der Waals surface area contributed by atoms with E-state index in [1.165, 1.54) is 35.2 Å². The van der Waals surface area contributed by atoms with Crippen molar-refractivity contribution in [2.45, 2.75) is 6.92 Å². The lowest BCUT2D eigenvalue weighted by Gasteiger charge is -2.02. The van der Waals surface area contributed by atoms with E-state index in [-0.39, 0.29) is 11.6 Å². The van der Waals surface area contributed by atoms with Crippen molar-refractivity contribution >= 4 is 23.5 Å². The summed E-state index contributed by atoms with van der Waals surface area (Å²) in [5, 5.41) is 8.79. The van der Waals surface area contributed by atoms with Crippen LogP contribution in [0, 0.1) is 18.6 Å². The zero-order chi connectivity index (χ0) is 17.1. The van der Waals surface area contributed by atoms with Crippen LogP contribution in [0.1, 0.15) is 11.3 Å². The molecule has 4 nitrogen and oxygen atoms in total. The Balaban J connectivity index is 1.82. The van der Waals surface area contributed by atoms with Gasteiger partial charge >= 0.3 is 0 Å². The zero-order valence-electron chi connectivity index (χ0n) is 12.7. The molecule has 1 heterocycles. The normalized spacial score (nSPS) is 11.2. The van der Waals surface area contributed by atoms with Crippen LogP contribution in [0.25, 0.3) is 5.69 Å². The summed E-state index contributed by atoms with van der Waals surface area (Å²) in [4.78, 5) is 0. The number of nitrogens with zero attached hydrogens (tertiary/aromatic N) is 3. The lowest BCUT2D eigenvalue weighted by atomic mass is 10.3. The molecule has 0 fully saturated rings. The molecule has 0 amide bonds. The van der Waals surface area contributed by atoms with E-state index in [0.717, 1.165) is 0 Å². The van der Waals surface area contributed by atoms with Crippen LogP contribution in [0.4, 0.5) is 14.5 Å². The number of hydrogen-bond donors (Lipinski definition) is 1. The van der Waals surface area contributed by atoms with Gasteiger partial charge in [-0.25, -0.2) is 13.5 Å². The Hall–Kier alpha value is -2.73. The van der Waals surface area contributed by atoms with Gasteiger partial charge in [-0.2, -0.15) is 10.2 Å². The third-order valence-electron chi connectivity index (χ3n) is 3.35. The highest BCUT2D eigenvalue weighted by atomic mass is 35.5. The number of benzene rings is 2. The average molecular weight is 347 g/mol. The van der Waals surface area contributed by atoms with Gasteiger partial charge in [0.1, 0.15) is 16.8 Å². The van der Waals surface area contributed by atoms with Gasteiger partial charge < -0.3 is 0 Å². The van der Waals surface area contributed by atoms with Gasteiger partial charge in [-0.05, 0) is 55.5 Å². The first-order chi connectivity index (χ1) is 11.5. The third-order valence-corrected chi connectivity index (χ3v) is 3.71. The highest BCUT2D eigenvalue weighted by Crippen LogP contribution is 2.22. The maximum Gasteiger partial charge on any atom is 0.142 e. The maximum absolute atomic E-state index is 13.0. The molecule has 0 saturated carbocycles. The van der Waals surface area contributed by atoms with Crippen molar-refractivity contribution in [3.63, 3.8) is 0 Å². The summed E-state index contributed by atoms with van der Waals surface area (Å²) in [6.45, 7) is 1.80.